The minimum atomic E-state index is -0.114. The van der Waals surface area contributed by atoms with E-state index < -0.39 is 0 Å². The molecule has 0 spiro atoms. The second-order valence-electron chi connectivity index (χ2n) is 7.52. The standard InChI is InChI=1S/C20H32N2O2/c1-16(2)21-10-8-17(9-11-21)14-22-12-13-24-19(15-23)20(22)18-6-4-3-5-7-18/h3-7,16-17,19-20,23H,8-15H2,1-2H3/t19-,20-/m1/s1. The largest absolute Gasteiger partial charge is 0.394 e. The molecule has 0 aromatic heterocycles. The van der Waals surface area contributed by atoms with Gasteiger partial charge >= 0.3 is 0 Å². The summed E-state index contributed by atoms with van der Waals surface area (Å²) >= 11 is 0. The van der Waals surface area contributed by atoms with Crippen molar-refractivity contribution in [1.82, 2.24) is 9.80 Å². The molecule has 2 saturated heterocycles. The summed E-state index contributed by atoms with van der Waals surface area (Å²) in [4.78, 5) is 5.14. The van der Waals surface area contributed by atoms with E-state index in [0.717, 1.165) is 25.6 Å². The van der Waals surface area contributed by atoms with Crippen LogP contribution in [0.15, 0.2) is 30.3 Å². The molecule has 0 aliphatic carbocycles. The molecule has 2 aliphatic heterocycles. The molecule has 0 unspecified atom stereocenters. The number of aliphatic hydroxyl groups is 1. The summed E-state index contributed by atoms with van der Waals surface area (Å²) in [5.74, 6) is 0.753. The Hall–Kier alpha value is -0.940. The number of ether oxygens (including phenoxy) is 1. The molecule has 4 nitrogen and oxygen atoms in total. The SMILES string of the molecule is CC(C)N1CCC(CN2CCO[C@H](CO)[C@H]2c2ccccc2)CC1. The maximum absolute atomic E-state index is 9.78. The summed E-state index contributed by atoms with van der Waals surface area (Å²) in [5.41, 5.74) is 1.26. The molecule has 1 aromatic carbocycles. The van der Waals surface area contributed by atoms with Gasteiger partial charge in [-0.2, -0.15) is 0 Å². The molecular weight excluding hydrogens is 300 g/mol. The number of aliphatic hydroxyl groups excluding tert-OH is 1. The quantitative estimate of drug-likeness (QED) is 0.899. The molecule has 3 rings (SSSR count). The van der Waals surface area contributed by atoms with Gasteiger partial charge in [0, 0.05) is 19.1 Å². The van der Waals surface area contributed by atoms with Crippen LogP contribution >= 0.6 is 0 Å². The predicted molar refractivity (Wildman–Crippen MR) is 97.0 cm³/mol. The fourth-order valence-electron chi connectivity index (χ4n) is 4.20. The Kier molecular flexibility index (Phi) is 6.28. The number of morpholine rings is 1. The molecule has 2 heterocycles. The number of likely N-dealkylation sites (tertiary alicyclic amines) is 1. The van der Waals surface area contributed by atoms with Crippen molar-refractivity contribution < 1.29 is 9.84 Å². The number of piperidine rings is 1. The van der Waals surface area contributed by atoms with Crippen LogP contribution in [-0.4, -0.2) is 66.4 Å². The summed E-state index contributed by atoms with van der Waals surface area (Å²) in [6, 6.07) is 11.4. The Balaban J connectivity index is 1.66. The molecule has 0 amide bonds. The molecule has 1 aromatic rings. The number of hydrogen-bond donors (Lipinski definition) is 1. The van der Waals surface area contributed by atoms with Gasteiger partial charge in [-0.05, 0) is 51.3 Å². The van der Waals surface area contributed by atoms with Crippen LogP contribution in [0.3, 0.4) is 0 Å². The molecule has 134 valence electrons. The second-order valence-corrected chi connectivity index (χ2v) is 7.52. The van der Waals surface area contributed by atoms with Crippen LogP contribution in [0.25, 0.3) is 0 Å². The van der Waals surface area contributed by atoms with Crippen molar-refractivity contribution in [2.24, 2.45) is 5.92 Å². The summed E-state index contributed by atoms with van der Waals surface area (Å²) in [7, 11) is 0. The summed E-state index contributed by atoms with van der Waals surface area (Å²) in [5, 5.41) is 9.78. The lowest BCUT2D eigenvalue weighted by Gasteiger charge is -2.44. The van der Waals surface area contributed by atoms with Crippen molar-refractivity contribution in [2.45, 2.75) is 44.9 Å². The van der Waals surface area contributed by atoms with Gasteiger partial charge in [0.05, 0.1) is 19.3 Å². The molecule has 2 aliphatic rings. The third-order valence-electron chi connectivity index (χ3n) is 5.65. The average Bonchev–Trinajstić information content (AvgIpc) is 2.62. The van der Waals surface area contributed by atoms with E-state index in [-0.39, 0.29) is 18.8 Å². The third-order valence-corrected chi connectivity index (χ3v) is 5.65. The van der Waals surface area contributed by atoms with Gasteiger partial charge in [0.2, 0.25) is 0 Å². The summed E-state index contributed by atoms with van der Waals surface area (Å²) < 4.78 is 5.86. The van der Waals surface area contributed by atoms with Crippen LogP contribution in [-0.2, 0) is 4.74 Å². The minimum absolute atomic E-state index is 0.0852. The molecule has 24 heavy (non-hydrogen) atoms. The van der Waals surface area contributed by atoms with E-state index in [4.69, 9.17) is 4.74 Å². The van der Waals surface area contributed by atoms with E-state index in [9.17, 15) is 5.11 Å². The summed E-state index contributed by atoms with van der Waals surface area (Å²) in [6.07, 6.45) is 2.44. The molecular formula is C20H32N2O2. The summed E-state index contributed by atoms with van der Waals surface area (Å²) in [6.45, 7) is 9.89. The molecule has 0 bridgehead atoms. The topological polar surface area (TPSA) is 35.9 Å². The Morgan fingerprint density at radius 1 is 1.12 bits per heavy atom. The Morgan fingerprint density at radius 2 is 1.83 bits per heavy atom. The van der Waals surface area contributed by atoms with Crippen molar-refractivity contribution in [3.63, 3.8) is 0 Å². The lowest BCUT2D eigenvalue weighted by molar-refractivity contribution is -0.0985. The highest BCUT2D eigenvalue weighted by Gasteiger charge is 2.34. The van der Waals surface area contributed by atoms with Crippen molar-refractivity contribution in [2.75, 3.05) is 39.4 Å². The van der Waals surface area contributed by atoms with Crippen molar-refractivity contribution >= 4 is 0 Å². The molecule has 2 atom stereocenters. The van der Waals surface area contributed by atoms with E-state index in [2.05, 4.69) is 47.9 Å². The van der Waals surface area contributed by atoms with E-state index in [0.29, 0.717) is 6.04 Å². The van der Waals surface area contributed by atoms with Crippen molar-refractivity contribution in [1.29, 1.82) is 0 Å². The van der Waals surface area contributed by atoms with Gasteiger partial charge in [0.15, 0.2) is 0 Å². The Labute approximate surface area is 146 Å². The van der Waals surface area contributed by atoms with Gasteiger partial charge in [0.25, 0.3) is 0 Å². The van der Waals surface area contributed by atoms with Crippen LogP contribution in [0.1, 0.15) is 38.3 Å². The molecule has 4 heteroatoms. The average molecular weight is 332 g/mol. The van der Waals surface area contributed by atoms with Gasteiger partial charge in [0.1, 0.15) is 6.10 Å². The van der Waals surface area contributed by atoms with E-state index in [1.807, 2.05) is 6.07 Å². The van der Waals surface area contributed by atoms with Crippen LogP contribution in [0.2, 0.25) is 0 Å². The number of nitrogens with zero attached hydrogens (tertiary/aromatic N) is 2. The van der Waals surface area contributed by atoms with Crippen molar-refractivity contribution in [3.8, 4) is 0 Å². The third kappa shape index (κ3) is 4.17. The predicted octanol–water partition coefficient (Wildman–Crippen LogP) is 2.54. The Morgan fingerprint density at radius 3 is 2.46 bits per heavy atom. The van der Waals surface area contributed by atoms with Crippen LogP contribution in [0.4, 0.5) is 0 Å². The number of rotatable bonds is 5. The van der Waals surface area contributed by atoms with Gasteiger partial charge in [-0.15, -0.1) is 0 Å². The zero-order chi connectivity index (χ0) is 16.9. The zero-order valence-electron chi connectivity index (χ0n) is 15.1. The van der Waals surface area contributed by atoms with Crippen LogP contribution in [0.5, 0.6) is 0 Å². The highest BCUT2D eigenvalue weighted by atomic mass is 16.5. The van der Waals surface area contributed by atoms with Crippen LogP contribution in [0, 0.1) is 5.92 Å². The number of hydrogen-bond acceptors (Lipinski definition) is 4. The monoisotopic (exact) mass is 332 g/mol. The van der Waals surface area contributed by atoms with Crippen molar-refractivity contribution in [3.05, 3.63) is 35.9 Å². The van der Waals surface area contributed by atoms with Gasteiger partial charge in [-0.25, -0.2) is 0 Å². The minimum Gasteiger partial charge on any atom is -0.394 e. The fourth-order valence-corrected chi connectivity index (χ4v) is 4.20. The van der Waals surface area contributed by atoms with Gasteiger partial charge in [-0.1, -0.05) is 30.3 Å². The molecule has 0 saturated carbocycles. The fraction of sp³-hybridized carbons (Fsp3) is 0.700. The first-order valence-electron chi connectivity index (χ1n) is 9.44. The molecule has 2 fully saturated rings. The molecule has 1 N–H and O–H groups in total. The first-order valence-corrected chi connectivity index (χ1v) is 9.44. The normalized spacial score (nSPS) is 27.7. The second kappa shape index (κ2) is 8.43. The highest BCUT2D eigenvalue weighted by Crippen LogP contribution is 2.31. The van der Waals surface area contributed by atoms with Gasteiger partial charge < -0.3 is 14.7 Å². The van der Waals surface area contributed by atoms with E-state index in [1.54, 1.807) is 0 Å². The first kappa shape index (κ1) is 17.9. The maximum Gasteiger partial charge on any atom is 0.100 e. The maximum atomic E-state index is 9.78. The molecule has 0 radical (unpaired) electrons. The lowest BCUT2D eigenvalue weighted by Crippen LogP contribution is -2.49. The van der Waals surface area contributed by atoms with E-state index >= 15 is 0 Å². The lowest BCUT2D eigenvalue weighted by atomic mass is 9.92. The Bertz CT molecular complexity index is 486. The number of benzene rings is 1. The zero-order valence-corrected chi connectivity index (χ0v) is 15.1. The first-order chi connectivity index (χ1) is 11.7. The van der Waals surface area contributed by atoms with Crippen LogP contribution < -0.4 is 0 Å². The van der Waals surface area contributed by atoms with Gasteiger partial charge in [-0.3, -0.25) is 4.90 Å². The smallest absolute Gasteiger partial charge is 0.100 e. The van der Waals surface area contributed by atoms with E-state index in [1.165, 1.54) is 31.5 Å². The highest BCUT2D eigenvalue weighted by molar-refractivity contribution is 5.21.